The molecule has 0 bridgehead atoms. The van der Waals surface area contributed by atoms with Gasteiger partial charge in [0, 0.05) is 31.7 Å². The van der Waals surface area contributed by atoms with Crippen LogP contribution in [-0.2, 0) is 38.8 Å². The number of carbonyl (C=O) groups excluding carboxylic acids is 2. The van der Waals surface area contributed by atoms with E-state index in [1.165, 1.54) is 12.1 Å². The van der Waals surface area contributed by atoms with Crippen LogP contribution in [0.5, 0.6) is 0 Å². The maximum atomic E-state index is 13.3. The molecule has 0 saturated carbocycles. The summed E-state index contributed by atoms with van der Waals surface area (Å²) in [5.74, 6) is -2.14. The lowest BCUT2D eigenvalue weighted by Crippen LogP contribution is -2.43. The Hall–Kier alpha value is -3.67. The number of carboxylic acid groups (broad SMARTS) is 1. The third-order valence-corrected chi connectivity index (χ3v) is 8.75. The van der Waals surface area contributed by atoms with E-state index in [-0.39, 0.29) is 51.3 Å². The first-order valence-corrected chi connectivity index (χ1v) is 15.3. The highest BCUT2D eigenvalue weighted by atomic mass is 35.5. The molecule has 3 aliphatic rings. The number of fused-ring (bicyclic) bond motifs is 2. The van der Waals surface area contributed by atoms with Crippen LogP contribution in [0.4, 0.5) is 0 Å². The Morgan fingerprint density at radius 1 is 1.24 bits per heavy atom. The van der Waals surface area contributed by atoms with Gasteiger partial charge in [0.25, 0.3) is 11.8 Å². The van der Waals surface area contributed by atoms with Crippen LogP contribution in [0.3, 0.4) is 0 Å². The molecule has 2 amide bonds. The molecule has 1 aliphatic carbocycles. The number of sulfone groups is 1. The number of aliphatic carboxylic acids is 1. The van der Waals surface area contributed by atoms with Gasteiger partial charge in [-0.1, -0.05) is 47.5 Å². The zero-order valence-corrected chi connectivity index (χ0v) is 24.1. The highest BCUT2D eigenvalue weighted by Gasteiger charge is 2.31. The van der Waals surface area contributed by atoms with Gasteiger partial charge in [-0.25, -0.2) is 13.2 Å². The van der Waals surface area contributed by atoms with E-state index in [4.69, 9.17) is 27.6 Å². The first kappa shape index (κ1) is 28.8. The molecule has 0 saturated heterocycles. The number of amides is 2. The topological polar surface area (TPSA) is 146 Å². The molecule has 0 spiro atoms. The molecule has 13 heteroatoms. The molecule has 10 nitrogen and oxygen atoms in total. The van der Waals surface area contributed by atoms with E-state index in [0.717, 1.165) is 11.8 Å². The minimum absolute atomic E-state index is 0.00106. The van der Waals surface area contributed by atoms with Crippen molar-refractivity contribution >= 4 is 56.5 Å². The molecule has 5 rings (SSSR count). The molecule has 41 heavy (non-hydrogen) atoms. The van der Waals surface area contributed by atoms with E-state index >= 15 is 0 Å². The first-order valence-electron chi connectivity index (χ1n) is 12.6. The van der Waals surface area contributed by atoms with Crippen molar-refractivity contribution < 1.29 is 32.3 Å². The summed E-state index contributed by atoms with van der Waals surface area (Å²) in [5.41, 5.74) is 2.65. The number of furan rings is 1. The summed E-state index contributed by atoms with van der Waals surface area (Å²) < 4.78 is 28.6. The second-order valence-corrected chi connectivity index (χ2v) is 12.7. The molecule has 2 N–H and O–H groups in total. The standard InChI is InChI=1S/C28H25Cl2N3O7S/c1-41(38,39)23-7-6-18(40-23)12-22(28(36)37)32-26(34)24-20(29)10-17-14-33(9-8-19(17)25(24)30)27(35)21-11-15-4-2-3-5-16(15)13-31-21/h2-7,10-11,16,22H,8-9,12-14H2,1H3,(H,32,34)(H,36,37)/t16?,22-/m0/s1. The van der Waals surface area contributed by atoms with Gasteiger partial charge in [-0.2, -0.15) is 0 Å². The SMILES string of the molecule is CS(=O)(=O)c1ccc(C[C@H](NC(=O)c2c(Cl)cc3c(c2Cl)CCN(C(=O)C2=NCC4C=CC=CC4=C2)C3)C(=O)O)o1. The molecule has 2 atom stereocenters. The lowest BCUT2D eigenvalue weighted by atomic mass is 9.91. The largest absolute Gasteiger partial charge is 0.480 e. The number of rotatable bonds is 7. The monoisotopic (exact) mass is 617 g/mol. The maximum Gasteiger partial charge on any atom is 0.326 e. The normalized spacial score (nSPS) is 18.6. The molecule has 1 aromatic heterocycles. The summed E-state index contributed by atoms with van der Waals surface area (Å²) in [7, 11) is -3.62. The second-order valence-electron chi connectivity index (χ2n) is 9.94. The van der Waals surface area contributed by atoms with E-state index in [1.807, 2.05) is 24.3 Å². The Morgan fingerprint density at radius 3 is 2.73 bits per heavy atom. The Balaban J connectivity index is 1.31. The minimum Gasteiger partial charge on any atom is -0.480 e. The number of carboxylic acids is 1. The quantitative estimate of drug-likeness (QED) is 0.484. The van der Waals surface area contributed by atoms with Gasteiger partial charge in [0.1, 0.15) is 17.5 Å². The molecule has 3 heterocycles. The van der Waals surface area contributed by atoms with Gasteiger partial charge in [-0.05, 0) is 47.4 Å². The number of carbonyl (C=O) groups is 3. The molecule has 2 aliphatic heterocycles. The predicted octanol–water partition coefficient (Wildman–Crippen LogP) is 3.42. The predicted molar refractivity (Wildman–Crippen MR) is 152 cm³/mol. The summed E-state index contributed by atoms with van der Waals surface area (Å²) in [4.78, 5) is 44.4. The van der Waals surface area contributed by atoms with Crippen molar-refractivity contribution in [1.29, 1.82) is 0 Å². The zero-order chi connectivity index (χ0) is 29.5. The number of hydrogen-bond donors (Lipinski definition) is 2. The van der Waals surface area contributed by atoms with Crippen LogP contribution in [0, 0.1) is 5.92 Å². The van der Waals surface area contributed by atoms with Gasteiger partial charge in [-0.3, -0.25) is 14.6 Å². The maximum absolute atomic E-state index is 13.3. The zero-order valence-electron chi connectivity index (χ0n) is 21.8. The van der Waals surface area contributed by atoms with Crippen molar-refractivity contribution in [3.8, 4) is 0 Å². The number of allylic oxidation sites excluding steroid dienone is 3. The fraction of sp³-hybridized carbons (Fsp3) is 0.286. The molecule has 2 aromatic rings. The summed E-state index contributed by atoms with van der Waals surface area (Å²) in [5, 5.41) is 11.9. The van der Waals surface area contributed by atoms with Crippen LogP contribution in [0.1, 0.15) is 27.2 Å². The van der Waals surface area contributed by atoms with Crippen LogP contribution in [0.25, 0.3) is 0 Å². The first-order chi connectivity index (χ1) is 19.4. The number of hydrogen-bond acceptors (Lipinski definition) is 7. The molecule has 1 aromatic carbocycles. The number of benzene rings is 1. The third kappa shape index (κ3) is 6.02. The van der Waals surface area contributed by atoms with E-state index in [1.54, 1.807) is 11.0 Å². The van der Waals surface area contributed by atoms with E-state index in [2.05, 4.69) is 16.4 Å². The van der Waals surface area contributed by atoms with Gasteiger partial charge in [0.2, 0.25) is 14.9 Å². The Labute approximate surface area is 245 Å². The van der Waals surface area contributed by atoms with Crippen LogP contribution in [-0.4, -0.2) is 67.3 Å². The number of dihydropyridines is 1. The highest BCUT2D eigenvalue weighted by Crippen LogP contribution is 2.35. The van der Waals surface area contributed by atoms with Crippen LogP contribution in [0.2, 0.25) is 10.0 Å². The molecule has 0 fully saturated rings. The molecule has 214 valence electrons. The summed E-state index contributed by atoms with van der Waals surface area (Å²) in [6.45, 7) is 1.06. The van der Waals surface area contributed by atoms with Crippen molar-refractivity contribution in [3.05, 3.63) is 86.6 Å². The fourth-order valence-electron chi connectivity index (χ4n) is 4.94. The molecular formula is C28H25Cl2N3O7S. The molecule has 1 unspecified atom stereocenters. The number of nitrogens with one attached hydrogen (secondary N) is 1. The number of nitrogens with zero attached hydrogens (tertiary/aromatic N) is 2. The van der Waals surface area contributed by atoms with Crippen LogP contribution in [0.15, 0.2) is 68.7 Å². The van der Waals surface area contributed by atoms with Crippen molar-refractivity contribution in [2.75, 3.05) is 19.3 Å². The Kier molecular flexibility index (Phi) is 7.95. The average Bonchev–Trinajstić information content (AvgIpc) is 3.41. The summed E-state index contributed by atoms with van der Waals surface area (Å²) >= 11 is 13.1. The van der Waals surface area contributed by atoms with E-state index < -0.39 is 27.8 Å². The van der Waals surface area contributed by atoms with Gasteiger partial charge < -0.3 is 19.7 Å². The smallest absolute Gasteiger partial charge is 0.326 e. The average molecular weight is 618 g/mol. The van der Waals surface area contributed by atoms with Gasteiger partial charge in [0.05, 0.1) is 22.2 Å². The molecular weight excluding hydrogens is 593 g/mol. The lowest BCUT2D eigenvalue weighted by Gasteiger charge is -2.31. The van der Waals surface area contributed by atoms with E-state index in [0.29, 0.717) is 36.3 Å². The van der Waals surface area contributed by atoms with Gasteiger partial charge in [-0.15, -0.1) is 0 Å². The van der Waals surface area contributed by atoms with Gasteiger partial charge >= 0.3 is 5.97 Å². The summed E-state index contributed by atoms with van der Waals surface area (Å²) in [6, 6.07) is 2.66. The van der Waals surface area contributed by atoms with E-state index in [9.17, 15) is 27.9 Å². The number of halogens is 2. The lowest BCUT2D eigenvalue weighted by molar-refractivity contribution is -0.139. The highest BCUT2D eigenvalue weighted by molar-refractivity contribution is 7.90. The van der Waals surface area contributed by atoms with Crippen molar-refractivity contribution in [3.63, 3.8) is 0 Å². The number of aliphatic imine (C=N–C) groups is 1. The van der Waals surface area contributed by atoms with Crippen molar-refractivity contribution in [1.82, 2.24) is 10.2 Å². The van der Waals surface area contributed by atoms with Gasteiger partial charge in [0.15, 0.2) is 0 Å². The Bertz CT molecular complexity index is 1690. The third-order valence-electron chi connectivity index (χ3n) is 7.08. The van der Waals surface area contributed by atoms with Crippen LogP contribution >= 0.6 is 23.2 Å². The summed E-state index contributed by atoms with van der Waals surface area (Å²) in [6.07, 6.45) is 10.7. The van der Waals surface area contributed by atoms with Crippen molar-refractivity contribution in [2.24, 2.45) is 10.9 Å². The Morgan fingerprint density at radius 2 is 2.02 bits per heavy atom. The minimum atomic E-state index is -3.62. The van der Waals surface area contributed by atoms with Crippen molar-refractivity contribution in [2.45, 2.75) is 30.5 Å². The fourth-order valence-corrected chi connectivity index (χ4v) is 6.28. The second kappa shape index (κ2) is 11.3. The molecule has 0 radical (unpaired) electrons. The van der Waals surface area contributed by atoms with Crippen LogP contribution < -0.4 is 5.32 Å².